The highest BCUT2D eigenvalue weighted by molar-refractivity contribution is 5.87. The van der Waals surface area contributed by atoms with Crippen molar-refractivity contribution in [2.75, 3.05) is 14.2 Å². The van der Waals surface area contributed by atoms with E-state index in [0.717, 1.165) is 29.7 Å². The second-order valence-electron chi connectivity index (χ2n) is 6.80. The number of fused-ring (bicyclic) bond motifs is 1. The molecule has 2 aromatic carbocycles. The van der Waals surface area contributed by atoms with Crippen LogP contribution >= 0.6 is 0 Å². The first-order valence-electron chi connectivity index (χ1n) is 8.82. The molecule has 0 saturated carbocycles. The molecule has 0 fully saturated rings. The Hall–Kier alpha value is -2.53. The fourth-order valence-corrected chi connectivity index (χ4v) is 3.62. The molecule has 3 N–H and O–H groups in total. The highest BCUT2D eigenvalue weighted by atomic mass is 16.5. The van der Waals surface area contributed by atoms with Crippen molar-refractivity contribution < 1.29 is 19.4 Å². The second-order valence-corrected chi connectivity index (χ2v) is 6.80. The molecule has 3 rings (SSSR count). The first kappa shape index (κ1) is 18.3. The maximum Gasteiger partial charge on any atom is 0.161 e. The quantitative estimate of drug-likeness (QED) is 0.832. The summed E-state index contributed by atoms with van der Waals surface area (Å²) in [6, 6.07) is 10.3. The van der Waals surface area contributed by atoms with Gasteiger partial charge in [0.1, 0.15) is 5.75 Å². The molecule has 1 aliphatic rings. The van der Waals surface area contributed by atoms with Crippen molar-refractivity contribution in [1.82, 2.24) is 0 Å². The number of carbonyl (C=O) groups excluding carboxylic acids is 1. The number of methoxy groups -OCH3 is 2. The number of Topliss-reactive ketones (excluding diaryl/α,β-unsaturated/α-hetero) is 1. The topological polar surface area (TPSA) is 81.8 Å². The van der Waals surface area contributed by atoms with Gasteiger partial charge in [0.15, 0.2) is 17.3 Å². The lowest BCUT2D eigenvalue weighted by molar-refractivity contribution is -0.124. The smallest absolute Gasteiger partial charge is 0.161 e. The van der Waals surface area contributed by atoms with Crippen molar-refractivity contribution in [1.29, 1.82) is 0 Å². The van der Waals surface area contributed by atoms with Gasteiger partial charge in [-0.05, 0) is 66.6 Å². The minimum absolute atomic E-state index is 0.0762. The molecule has 0 amide bonds. The van der Waals surface area contributed by atoms with Gasteiger partial charge in [0, 0.05) is 5.92 Å². The zero-order valence-electron chi connectivity index (χ0n) is 15.2. The summed E-state index contributed by atoms with van der Waals surface area (Å²) >= 11 is 0. The molecule has 0 radical (unpaired) electrons. The van der Waals surface area contributed by atoms with E-state index < -0.39 is 6.04 Å². The largest absolute Gasteiger partial charge is 0.508 e. The summed E-state index contributed by atoms with van der Waals surface area (Å²) in [7, 11) is 3.24. The third-order valence-corrected chi connectivity index (χ3v) is 5.09. The molecule has 0 aliphatic heterocycles. The number of phenolic OH excluding ortho intramolecular Hbond substituents is 1. The number of nitrogens with two attached hydrogens (primary N) is 1. The summed E-state index contributed by atoms with van der Waals surface area (Å²) in [5.74, 6) is 1.64. The van der Waals surface area contributed by atoms with Crippen LogP contribution in [-0.2, 0) is 24.1 Å². The number of aryl methyl sites for hydroxylation is 1. The van der Waals surface area contributed by atoms with Crippen LogP contribution < -0.4 is 15.2 Å². The molecule has 5 nitrogen and oxygen atoms in total. The van der Waals surface area contributed by atoms with Crippen molar-refractivity contribution >= 4 is 5.78 Å². The van der Waals surface area contributed by atoms with E-state index in [1.54, 1.807) is 38.5 Å². The first-order chi connectivity index (χ1) is 12.5. The minimum Gasteiger partial charge on any atom is -0.508 e. The SMILES string of the molecule is COc1cc2c(cc1OC)CC(C(=O)[C@@H](N)Cc1ccc(O)cc1)CC2. The molecule has 0 heterocycles. The number of ether oxygens (including phenoxy) is 2. The van der Waals surface area contributed by atoms with Crippen LogP contribution in [0.3, 0.4) is 0 Å². The predicted octanol–water partition coefficient (Wildman–Crippen LogP) is 2.65. The average molecular weight is 355 g/mol. The first-order valence-corrected chi connectivity index (χ1v) is 8.82. The Morgan fingerprint density at radius 1 is 1.15 bits per heavy atom. The number of phenols is 1. The van der Waals surface area contributed by atoms with Crippen molar-refractivity contribution in [2.24, 2.45) is 11.7 Å². The third kappa shape index (κ3) is 3.83. The van der Waals surface area contributed by atoms with E-state index in [9.17, 15) is 9.90 Å². The molecule has 1 aliphatic carbocycles. The lowest BCUT2D eigenvalue weighted by atomic mass is 9.79. The Bertz CT molecular complexity index is 785. The van der Waals surface area contributed by atoms with Gasteiger partial charge < -0.3 is 20.3 Å². The van der Waals surface area contributed by atoms with E-state index in [0.29, 0.717) is 18.6 Å². The maximum atomic E-state index is 12.8. The number of hydrogen-bond donors (Lipinski definition) is 2. The highest BCUT2D eigenvalue weighted by Crippen LogP contribution is 2.36. The summed E-state index contributed by atoms with van der Waals surface area (Å²) in [6.45, 7) is 0. The molecule has 2 aromatic rings. The number of benzene rings is 2. The van der Waals surface area contributed by atoms with Crippen LogP contribution in [-0.4, -0.2) is 31.2 Å². The van der Waals surface area contributed by atoms with E-state index in [1.807, 2.05) is 12.1 Å². The van der Waals surface area contributed by atoms with E-state index in [2.05, 4.69) is 0 Å². The Kier molecular flexibility index (Phi) is 5.47. The Morgan fingerprint density at radius 2 is 1.77 bits per heavy atom. The van der Waals surface area contributed by atoms with Crippen LogP contribution in [0.5, 0.6) is 17.2 Å². The van der Waals surface area contributed by atoms with Crippen LogP contribution in [0, 0.1) is 5.92 Å². The average Bonchev–Trinajstić information content (AvgIpc) is 2.67. The zero-order chi connectivity index (χ0) is 18.7. The van der Waals surface area contributed by atoms with Gasteiger partial charge in [-0.15, -0.1) is 0 Å². The summed E-state index contributed by atoms with van der Waals surface area (Å²) < 4.78 is 10.7. The van der Waals surface area contributed by atoms with Crippen molar-refractivity contribution in [3.63, 3.8) is 0 Å². The number of hydrogen-bond acceptors (Lipinski definition) is 5. The standard InChI is InChI=1S/C21H25NO4/c1-25-19-11-14-5-6-15(10-16(14)12-20(19)26-2)21(24)18(22)9-13-3-7-17(23)8-4-13/h3-4,7-8,11-12,15,18,23H,5-6,9-10,22H2,1-2H3/t15?,18-/m0/s1. The Balaban J connectivity index is 1.71. The summed E-state index contributed by atoms with van der Waals surface area (Å²) in [5.41, 5.74) is 9.47. The lowest BCUT2D eigenvalue weighted by Gasteiger charge is -2.27. The second kappa shape index (κ2) is 7.79. The van der Waals surface area contributed by atoms with Gasteiger partial charge in [-0.3, -0.25) is 4.79 Å². The van der Waals surface area contributed by atoms with Gasteiger partial charge >= 0.3 is 0 Å². The van der Waals surface area contributed by atoms with E-state index in [4.69, 9.17) is 15.2 Å². The molecular formula is C21H25NO4. The van der Waals surface area contributed by atoms with E-state index in [-0.39, 0.29) is 17.5 Å². The normalized spacial score (nSPS) is 17.3. The number of carbonyl (C=O) groups is 1. The molecule has 0 bridgehead atoms. The Morgan fingerprint density at radius 3 is 2.38 bits per heavy atom. The van der Waals surface area contributed by atoms with Crippen LogP contribution in [0.2, 0.25) is 0 Å². The lowest BCUT2D eigenvalue weighted by Crippen LogP contribution is -2.39. The molecule has 0 saturated heterocycles. The summed E-state index contributed by atoms with van der Waals surface area (Å²) in [4.78, 5) is 12.8. The van der Waals surface area contributed by atoms with Crippen LogP contribution in [0.25, 0.3) is 0 Å². The van der Waals surface area contributed by atoms with Gasteiger partial charge in [0.2, 0.25) is 0 Å². The molecule has 5 heteroatoms. The molecular weight excluding hydrogens is 330 g/mol. The van der Waals surface area contributed by atoms with Gasteiger partial charge in [-0.1, -0.05) is 12.1 Å². The van der Waals surface area contributed by atoms with Crippen LogP contribution in [0.15, 0.2) is 36.4 Å². The third-order valence-electron chi connectivity index (χ3n) is 5.09. The van der Waals surface area contributed by atoms with Crippen molar-refractivity contribution in [2.45, 2.75) is 31.7 Å². The van der Waals surface area contributed by atoms with E-state index >= 15 is 0 Å². The summed E-state index contributed by atoms with van der Waals surface area (Å²) in [5, 5.41) is 9.36. The van der Waals surface area contributed by atoms with Crippen LogP contribution in [0.4, 0.5) is 0 Å². The monoisotopic (exact) mass is 355 g/mol. The minimum atomic E-state index is -0.536. The fourth-order valence-electron chi connectivity index (χ4n) is 3.62. The predicted molar refractivity (Wildman–Crippen MR) is 99.9 cm³/mol. The molecule has 2 atom stereocenters. The van der Waals surface area contributed by atoms with Crippen molar-refractivity contribution in [3.05, 3.63) is 53.1 Å². The Labute approximate surface area is 153 Å². The number of ketones is 1. The molecule has 1 unspecified atom stereocenters. The van der Waals surface area contributed by atoms with Gasteiger partial charge in [0.25, 0.3) is 0 Å². The van der Waals surface area contributed by atoms with Gasteiger partial charge in [-0.2, -0.15) is 0 Å². The molecule has 0 spiro atoms. The van der Waals surface area contributed by atoms with Crippen molar-refractivity contribution in [3.8, 4) is 17.2 Å². The van der Waals surface area contributed by atoms with Gasteiger partial charge in [-0.25, -0.2) is 0 Å². The van der Waals surface area contributed by atoms with Gasteiger partial charge in [0.05, 0.1) is 20.3 Å². The molecule has 0 aromatic heterocycles. The zero-order valence-corrected chi connectivity index (χ0v) is 15.2. The highest BCUT2D eigenvalue weighted by Gasteiger charge is 2.29. The number of aromatic hydroxyl groups is 1. The van der Waals surface area contributed by atoms with E-state index in [1.165, 1.54) is 5.56 Å². The number of rotatable bonds is 6. The molecule has 26 heavy (non-hydrogen) atoms. The maximum absolute atomic E-state index is 12.8. The molecule has 138 valence electrons. The fraction of sp³-hybridized carbons (Fsp3) is 0.381. The van der Waals surface area contributed by atoms with Crippen LogP contribution in [0.1, 0.15) is 23.1 Å². The summed E-state index contributed by atoms with van der Waals surface area (Å²) in [6.07, 6.45) is 2.79.